The van der Waals surface area contributed by atoms with Gasteiger partial charge in [-0.1, -0.05) is 347 Å². The quantitative estimate of drug-likeness (QED) is 0.133. The van der Waals surface area contributed by atoms with Crippen molar-refractivity contribution in [2.45, 2.75) is 131 Å². The van der Waals surface area contributed by atoms with Gasteiger partial charge in [-0.05, 0) is 151 Å². The molecule has 0 atom stereocenters. The molecule has 2 aliphatic heterocycles. The van der Waals surface area contributed by atoms with Crippen molar-refractivity contribution >= 4 is 57.2 Å². The Morgan fingerprint density at radius 1 is 0.221 bits per heavy atom. The minimum Gasteiger partial charge on any atom is -0.310 e. The van der Waals surface area contributed by atoms with E-state index in [-0.39, 0.29) is 33.8 Å². The van der Waals surface area contributed by atoms with Crippen molar-refractivity contribution in [3.05, 3.63) is 295 Å². The van der Waals surface area contributed by atoms with Gasteiger partial charge in [0.15, 0.2) is 0 Å². The van der Waals surface area contributed by atoms with Crippen LogP contribution >= 0.6 is 0 Å². The normalized spacial score (nSPS) is 13.1. The molecule has 470 valence electrons. The van der Waals surface area contributed by atoms with Crippen LogP contribution in [0.25, 0.3) is 77.9 Å². The third kappa shape index (κ3) is 11.7. The predicted molar refractivity (Wildman–Crippen MR) is 412 cm³/mol. The van der Waals surface area contributed by atoms with Crippen LogP contribution in [0.1, 0.15) is 132 Å². The van der Waals surface area contributed by atoms with Crippen molar-refractivity contribution in [3.63, 3.8) is 0 Å². The number of para-hydroxylation sites is 2. The summed E-state index contributed by atoms with van der Waals surface area (Å²) in [5, 5.41) is 0. The molecule has 0 bridgehead atoms. The summed E-state index contributed by atoms with van der Waals surface area (Å²) in [4.78, 5) is 5.43. The fourth-order valence-corrected chi connectivity index (χ4v) is 14.7. The van der Waals surface area contributed by atoms with E-state index >= 15 is 0 Å². The average molecular weight is 1230 g/mol. The molecular weight excluding hydrogens is 1140 g/mol. The van der Waals surface area contributed by atoms with Crippen LogP contribution in [0, 0.1) is 0 Å². The van der Waals surface area contributed by atoms with E-state index in [0.29, 0.717) is 0 Å². The molecule has 0 spiro atoms. The number of fused-ring (bicyclic) bond motifs is 4. The van der Waals surface area contributed by atoms with E-state index in [9.17, 15) is 0 Å². The number of nitrogens with zero attached hydrogens (tertiary/aromatic N) is 2. The second kappa shape index (κ2) is 23.6. The van der Waals surface area contributed by atoms with Crippen molar-refractivity contribution in [2.75, 3.05) is 9.80 Å². The Morgan fingerprint density at radius 2 is 0.526 bits per heavy atom. The lowest BCUT2D eigenvalue weighted by Gasteiger charge is -2.46. The first-order valence-electron chi connectivity index (χ1n) is 34.3. The standard InChI is InChI=1S/C92H89BN2/c1-88(2,3)69-46-37-63(38-47-69)73-33-25-34-74(64-39-48-70(49-40-64)89(4,5)6)86(73)94-81-55-67(60-27-19-16-20-28-60)45-54-79(81)93-80-58-77(62-31-23-18-24-32-62)78(92(13,14)15)59-82(80)95(84-57-68(56-83(94)85(84)93)61-29-21-17-22-30-61)87-75(65-41-50-71(51-42-65)90(7,8)9)35-26-36-76(87)66-43-52-72(53-44-66)91(10,11)12/h16-59H,1-15H3. The van der Waals surface area contributed by atoms with Crippen molar-refractivity contribution < 1.29 is 0 Å². The Morgan fingerprint density at radius 3 is 0.874 bits per heavy atom. The number of hydrogen-bond donors (Lipinski definition) is 0. The van der Waals surface area contributed by atoms with Gasteiger partial charge in [-0.15, -0.1) is 0 Å². The zero-order valence-corrected chi connectivity index (χ0v) is 58.4. The number of benzene rings is 12. The minimum absolute atomic E-state index is 0.0238. The lowest BCUT2D eigenvalue weighted by Crippen LogP contribution is -2.61. The van der Waals surface area contributed by atoms with Gasteiger partial charge >= 0.3 is 0 Å². The van der Waals surface area contributed by atoms with Gasteiger partial charge < -0.3 is 9.80 Å². The summed E-state index contributed by atoms with van der Waals surface area (Å²) in [6.07, 6.45) is 0. The molecule has 0 N–H and O–H groups in total. The van der Waals surface area contributed by atoms with E-state index in [0.717, 1.165) is 50.7 Å². The van der Waals surface area contributed by atoms with Crippen molar-refractivity contribution in [1.82, 2.24) is 0 Å². The molecule has 0 aromatic heterocycles. The highest BCUT2D eigenvalue weighted by atomic mass is 15.2. The summed E-state index contributed by atoms with van der Waals surface area (Å²) in [7, 11) is 0. The Balaban J connectivity index is 1.18. The average Bonchev–Trinajstić information content (AvgIpc) is 0.685. The third-order valence-electron chi connectivity index (χ3n) is 20.1. The summed E-state index contributed by atoms with van der Waals surface area (Å²) < 4.78 is 0. The van der Waals surface area contributed by atoms with E-state index < -0.39 is 0 Å². The molecule has 2 aliphatic rings. The van der Waals surface area contributed by atoms with Crippen LogP contribution in [-0.4, -0.2) is 6.71 Å². The van der Waals surface area contributed by atoms with Crippen LogP contribution in [-0.2, 0) is 27.1 Å². The molecule has 0 radical (unpaired) electrons. The fraction of sp³-hybridized carbons (Fsp3) is 0.217. The summed E-state index contributed by atoms with van der Waals surface area (Å²) in [5.74, 6) is 0. The summed E-state index contributed by atoms with van der Waals surface area (Å²) in [6, 6.07) is 103. The van der Waals surface area contributed by atoms with Crippen LogP contribution < -0.4 is 26.2 Å². The molecule has 0 unspecified atom stereocenters. The number of hydrogen-bond acceptors (Lipinski definition) is 2. The zero-order valence-electron chi connectivity index (χ0n) is 58.4. The molecule has 12 aromatic carbocycles. The maximum atomic E-state index is 2.73. The van der Waals surface area contributed by atoms with Gasteiger partial charge in [0.2, 0.25) is 0 Å². The molecule has 14 rings (SSSR count). The first kappa shape index (κ1) is 62.7. The van der Waals surface area contributed by atoms with E-state index in [1.807, 2.05) is 0 Å². The van der Waals surface area contributed by atoms with Crippen LogP contribution in [0.5, 0.6) is 0 Å². The first-order chi connectivity index (χ1) is 45.3. The van der Waals surface area contributed by atoms with E-state index in [1.54, 1.807) is 0 Å². The summed E-state index contributed by atoms with van der Waals surface area (Å²) >= 11 is 0. The first-order valence-corrected chi connectivity index (χ1v) is 34.3. The van der Waals surface area contributed by atoms with Crippen molar-refractivity contribution in [1.29, 1.82) is 0 Å². The lowest BCUT2D eigenvalue weighted by atomic mass is 9.33. The molecule has 95 heavy (non-hydrogen) atoms. The van der Waals surface area contributed by atoms with Crippen molar-refractivity contribution in [2.24, 2.45) is 0 Å². The predicted octanol–water partition coefficient (Wildman–Crippen LogP) is 23.9. The highest BCUT2D eigenvalue weighted by molar-refractivity contribution is 7.00. The maximum absolute atomic E-state index is 2.73. The molecule has 12 aromatic rings. The highest BCUT2D eigenvalue weighted by Gasteiger charge is 2.46. The molecular formula is C92H89BN2. The topological polar surface area (TPSA) is 6.48 Å². The Hall–Kier alpha value is -9.70. The van der Waals surface area contributed by atoms with Gasteiger partial charge in [-0.3, -0.25) is 0 Å². The van der Waals surface area contributed by atoms with E-state index in [2.05, 4.69) is 381 Å². The molecule has 3 heteroatoms. The zero-order chi connectivity index (χ0) is 66.5. The molecule has 0 amide bonds. The van der Waals surface area contributed by atoms with Crippen LogP contribution in [0.4, 0.5) is 34.1 Å². The summed E-state index contributed by atoms with van der Waals surface area (Å²) in [6.45, 7) is 34.7. The van der Waals surface area contributed by atoms with Gasteiger partial charge in [0.1, 0.15) is 0 Å². The van der Waals surface area contributed by atoms with Gasteiger partial charge in [0.25, 0.3) is 6.71 Å². The molecule has 0 fully saturated rings. The molecule has 2 heterocycles. The Bertz CT molecular complexity index is 4680. The molecule has 0 saturated carbocycles. The van der Waals surface area contributed by atoms with Gasteiger partial charge in [0.05, 0.1) is 11.4 Å². The second-order valence-corrected chi connectivity index (χ2v) is 31.8. The van der Waals surface area contributed by atoms with Crippen LogP contribution in [0.3, 0.4) is 0 Å². The van der Waals surface area contributed by atoms with E-state index in [4.69, 9.17) is 0 Å². The summed E-state index contributed by atoms with van der Waals surface area (Å²) in [5.41, 5.74) is 33.3. The largest absolute Gasteiger partial charge is 0.310 e. The smallest absolute Gasteiger partial charge is 0.252 e. The second-order valence-electron chi connectivity index (χ2n) is 31.8. The van der Waals surface area contributed by atoms with Crippen molar-refractivity contribution in [3.8, 4) is 77.9 Å². The minimum atomic E-state index is -0.251. The van der Waals surface area contributed by atoms with Gasteiger partial charge in [-0.2, -0.15) is 0 Å². The van der Waals surface area contributed by atoms with Crippen LogP contribution in [0.15, 0.2) is 267 Å². The molecule has 0 saturated heterocycles. The highest BCUT2D eigenvalue weighted by Crippen LogP contribution is 2.55. The molecule has 0 aliphatic carbocycles. The maximum Gasteiger partial charge on any atom is 0.252 e. The van der Waals surface area contributed by atoms with Gasteiger partial charge in [-0.25, -0.2) is 0 Å². The molecule has 2 nitrogen and oxygen atoms in total. The fourth-order valence-electron chi connectivity index (χ4n) is 14.7. The number of anilines is 6. The monoisotopic (exact) mass is 1230 g/mol. The SMILES string of the molecule is CC(C)(C)c1ccc(-c2cccc(-c3ccc(C(C)(C)C)cc3)c2N2c3cc(-c4ccccc4)ccc3B3c4cc(-c5ccccc5)c(C(C)(C)C)cc4N(c4c(-c5ccc(C(C)(C)C)cc5)cccc4-c4ccc(C(C)(C)C)cc4)c4cc(-c5ccccc5)cc2c43)cc1. The lowest BCUT2D eigenvalue weighted by molar-refractivity contribution is 0.590. The van der Waals surface area contributed by atoms with E-state index in [1.165, 1.54) is 106 Å². The number of rotatable bonds is 9. The Labute approximate surface area is 567 Å². The van der Waals surface area contributed by atoms with Gasteiger partial charge in [0, 0.05) is 45.0 Å². The Kier molecular flexibility index (Phi) is 15.6. The van der Waals surface area contributed by atoms with Crippen LogP contribution in [0.2, 0.25) is 0 Å². The third-order valence-corrected chi connectivity index (χ3v) is 20.1.